The van der Waals surface area contributed by atoms with Gasteiger partial charge in [0.2, 0.25) is 0 Å². The molecule has 0 amide bonds. The molecule has 0 spiro atoms. The van der Waals surface area contributed by atoms with Gasteiger partial charge in [0.15, 0.2) is 0 Å². The first-order chi connectivity index (χ1) is 26.4. The van der Waals surface area contributed by atoms with Gasteiger partial charge >= 0.3 is 0 Å². The number of imidazole rings is 1. The molecule has 4 heteroatoms. The van der Waals surface area contributed by atoms with E-state index in [1.807, 2.05) is 12.3 Å². The number of rotatable bonds is 5. The number of nitrogens with one attached hydrogen (secondary N) is 1. The topological polar surface area (TPSA) is 46.5 Å². The number of nitrogens with zero attached hydrogens (tertiary/aromatic N) is 3. The maximum atomic E-state index is 5.56. The van der Waals surface area contributed by atoms with E-state index in [9.17, 15) is 0 Å². The Hall–Kier alpha value is -6.78. The summed E-state index contributed by atoms with van der Waals surface area (Å²) in [7, 11) is 0. The second-order valence-corrected chi connectivity index (χ2v) is 15.2. The quantitative estimate of drug-likeness (QED) is 0.195. The van der Waals surface area contributed by atoms with Crippen LogP contribution >= 0.6 is 0 Å². The Morgan fingerprint density at radius 1 is 0.519 bits per heavy atom. The van der Waals surface area contributed by atoms with Crippen molar-refractivity contribution >= 4 is 43.7 Å². The highest BCUT2D eigenvalue weighted by molar-refractivity contribution is 6.13. The fourth-order valence-electron chi connectivity index (χ4n) is 8.02. The van der Waals surface area contributed by atoms with Gasteiger partial charge in [-0.25, -0.2) is 4.98 Å². The van der Waals surface area contributed by atoms with Crippen LogP contribution in [0.15, 0.2) is 170 Å². The number of aromatic amines is 1. The van der Waals surface area contributed by atoms with Gasteiger partial charge in [-0.05, 0) is 76.2 Å². The number of fused-ring (bicyclic) bond motifs is 5. The van der Waals surface area contributed by atoms with E-state index in [0.29, 0.717) is 0 Å². The van der Waals surface area contributed by atoms with Crippen LogP contribution in [-0.4, -0.2) is 19.5 Å². The normalized spacial score (nSPS) is 12.0. The molecule has 0 atom stereocenters. The van der Waals surface area contributed by atoms with Gasteiger partial charge in [0, 0.05) is 55.8 Å². The van der Waals surface area contributed by atoms with Gasteiger partial charge in [0.1, 0.15) is 5.82 Å². The Morgan fingerprint density at radius 3 is 2.09 bits per heavy atom. The minimum atomic E-state index is 0.0449. The van der Waals surface area contributed by atoms with Crippen molar-refractivity contribution in [1.29, 1.82) is 0 Å². The van der Waals surface area contributed by atoms with Crippen molar-refractivity contribution in [3.05, 3.63) is 176 Å². The number of hydrogen-bond donors (Lipinski definition) is 1. The monoisotopic (exact) mass is 694 g/mol. The Kier molecular flexibility index (Phi) is 7.34. The molecule has 0 radical (unpaired) electrons. The van der Waals surface area contributed by atoms with E-state index in [2.05, 4.69) is 188 Å². The summed E-state index contributed by atoms with van der Waals surface area (Å²) in [6, 6.07) is 58.7. The number of H-pyrrole nitrogens is 1. The summed E-state index contributed by atoms with van der Waals surface area (Å²) in [6.45, 7) is 6.77. The number of aromatic nitrogens is 4. The lowest BCUT2D eigenvalue weighted by atomic mass is 9.87. The maximum absolute atomic E-state index is 5.56. The van der Waals surface area contributed by atoms with Crippen molar-refractivity contribution in [2.75, 3.05) is 0 Å². The second kappa shape index (κ2) is 12.4. The van der Waals surface area contributed by atoms with Gasteiger partial charge < -0.3 is 4.98 Å². The fraction of sp³-hybridized carbons (Fsp3) is 0.0800. The van der Waals surface area contributed by atoms with E-state index in [1.165, 1.54) is 27.5 Å². The molecule has 0 bridgehead atoms. The molecule has 258 valence electrons. The number of hydrogen-bond acceptors (Lipinski definition) is 2. The van der Waals surface area contributed by atoms with Gasteiger partial charge in [-0.1, -0.05) is 136 Å². The third kappa shape index (κ3) is 5.30. The molecule has 1 N–H and O–H groups in total. The number of pyridine rings is 1. The zero-order valence-corrected chi connectivity index (χ0v) is 30.5. The summed E-state index contributed by atoms with van der Waals surface area (Å²) >= 11 is 0. The molecular weight excluding hydrogens is 657 g/mol. The minimum Gasteiger partial charge on any atom is -0.354 e. The first-order valence-corrected chi connectivity index (χ1v) is 18.6. The molecule has 0 saturated carbocycles. The largest absolute Gasteiger partial charge is 0.354 e. The van der Waals surface area contributed by atoms with Gasteiger partial charge in [0.05, 0.1) is 22.1 Å². The first kappa shape index (κ1) is 31.9. The van der Waals surface area contributed by atoms with Crippen LogP contribution < -0.4 is 0 Å². The first-order valence-electron chi connectivity index (χ1n) is 18.6. The average molecular weight is 695 g/mol. The van der Waals surface area contributed by atoms with Crippen molar-refractivity contribution in [3.8, 4) is 50.5 Å². The molecular formula is C50H38N4. The summed E-state index contributed by atoms with van der Waals surface area (Å²) in [5.74, 6) is 0.892. The third-order valence-corrected chi connectivity index (χ3v) is 10.8. The van der Waals surface area contributed by atoms with E-state index in [-0.39, 0.29) is 5.41 Å². The highest BCUT2D eigenvalue weighted by Gasteiger charge is 2.21. The summed E-state index contributed by atoms with van der Waals surface area (Å²) in [6.07, 6.45) is 1.88. The summed E-state index contributed by atoms with van der Waals surface area (Å²) in [5, 5.41) is 3.55. The predicted octanol–water partition coefficient (Wildman–Crippen LogP) is 13.2. The highest BCUT2D eigenvalue weighted by atomic mass is 15.1. The number of para-hydroxylation sites is 3. The van der Waals surface area contributed by atoms with Crippen LogP contribution in [0.25, 0.3) is 94.2 Å². The van der Waals surface area contributed by atoms with Crippen molar-refractivity contribution in [2.45, 2.75) is 26.2 Å². The standard InChI is InChI=1S/C50H38N4/c1-50(2,3)37-24-26-38(27-25-37)54-45-23-11-21-42(41-20-10-19-40-39-18-7-8-22-44(39)52-47(40)41)48(45)53-49(54)35-16-9-15-33(29-35)43-31-36(32-13-5-4-6-14-32)30-34-17-12-28-51-46(34)43/h4-31,52H,1-3H3. The molecule has 0 saturated heterocycles. The highest BCUT2D eigenvalue weighted by Crippen LogP contribution is 2.40. The lowest BCUT2D eigenvalue weighted by Gasteiger charge is -2.20. The van der Waals surface area contributed by atoms with Gasteiger partial charge in [0.25, 0.3) is 0 Å². The summed E-state index contributed by atoms with van der Waals surface area (Å²) in [4.78, 5) is 14.2. The SMILES string of the molecule is CC(C)(C)c1ccc(-n2c(-c3cccc(-c4cc(-c5ccccc5)cc5cccnc45)c3)nc3c(-c4cccc5c4[nH]c4ccccc45)cccc32)cc1. The molecule has 7 aromatic carbocycles. The van der Waals surface area contributed by atoms with Crippen LogP contribution in [0.2, 0.25) is 0 Å². The molecule has 3 aromatic heterocycles. The molecule has 3 heterocycles. The Balaban J connectivity index is 1.21. The zero-order chi connectivity index (χ0) is 36.4. The molecule has 10 aromatic rings. The Labute approximate surface area is 314 Å². The third-order valence-electron chi connectivity index (χ3n) is 10.8. The van der Waals surface area contributed by atoms with Gasteiger partial charge in [-0.3, -0.25) is 9.55 Å². The van der Waals surface area contributed by atoms with Crippen LogP contribution in [0.4, 0.5) is 0 Å². The fourth-order valence-corrected chi connectivity index (χ4v) is 8.02. The molecule has 54 heavy (non-hydrogen) atoms. The Morgan fingerprint density at radius 2 is 1.24 bits per heavy atom. The van der Waals surface area contributed by atoms with Gasteiger partial charge in [-0.15, -0.1) is 0 Å². The lowest BCUT2D eigenvalue weighted by Crippen LogP contribution is -2.11. The molecule has 0 aliphatic carbocycles. The lowest BCUT2D eigenvalue weighted by molar-refractivity contribution is 0.590. The zero-order valence-electron chi connectivity index (χ0n) is 30.5. The molecule has 0 unspecified atom stereocenters. The Bertz CT molecular complexity index is 3010. The molecule has 0 aliphatic rings. The van der Waals surface area contributed by atoms with Crippen molar-refractivity contribution < 1.29 is 0 Å². The molecule has 10 rings (SSSR count). The van der Waals surface area contributed by atoms with Crippen molar-refractivity contribution in [1.82, 2.24) is 19.5 Å². The smallest absolute Gasteiger partial charge is 0.145 e. The van der Waals surface area contributed by atoms with E-state index in [1.54, 1.807) is 0 Å². The van der Waals surface area contributed by atoms with E-state index < -0.39 is 0 Å². The van der Waals surface area contributed by atoms with E-state index in [4.69, 9.17) is 9.97 Å². The average Bonchev–Trinajstić information content (AvgIpc) is 3.80. The minimum absolute atomic E-state index is 0.0449. The molecule has 0 aliphatic heterocycles. The molecule has 0 fully saturated rings. The van der Waals surface area contributed by atoms with Crippen LogP contribution in [0, 0.1) is 0 Å². The van der Waals surface area contributed by atoms with E-state index in [0.717, 1.165) is 72.3 Å². The maximum Gasteiger partial charge on any atom is 0.145 e. The molecule has 4 nitrogen and oxygen atoms in total. The van der Waals surface area contributed by atoms with Crippen LogP contribution in [-0.2, 0) is 5.41 Å². The predicted molar refractivity (Wildman–Crippen MR) is 226 cm³/mol. The van der Waals surface area contributed by atoms with Crippen LogP contribution in [0.1, 0.15) is 26.3 Å². The van der Waals surface area contributed by atoms with Crippen molar-refractivity contribution in [3.63, 3.8) is 0 Å². The van der Waals surface area contributed by atoms with E-state index >= 15 is 0 Å². The van der Waals surface area contributed by atoms with Gasteiger partial charge in [-0.2, -0.15) is 0 Å². The summed E-state index contributed by atoms with van der Waals surface area (Å²) in [5.41, 5.74) is 15.5. The second-order valence-electron chi connectivity index (χ2n) is 15.2. The number of benzene rings is 7. The van der Waals surface area contributed by atoms with Crippen molar-refractivity contribution in [2.24, 2.45) is 0 Å². The summed E-state index contributed by atoms with van der Waals surface area (Å²) < 4.78 is 2.33. The van der Waals surface area contributed by atoms with Crippen LogP contribution in [0.5, 0.6) is 0 Å². The van der Waals surface area contributed by atoms with Crippen LogP contribution in [0.3, 0.4) is 0 Å².